The number of anilines is 1. The molecule has 5 heteroatoms. The van der Waals surface area contributed by atoms with E-state index in [0.29, 0.717) is 5.69 Å². The van der Waals surface area contributed by atoms with Gasteiger partial charge in [0.2, 0.25) is 0 Å². The van der Waals surface area contributed by atoms with Crippen LogP contribution in [0.15, 0.2) is 30.3 Å². The van der Waals surface area contributed by atoms with E-state index in [2.05, 4.69) is 28.6 Å². The van der Waals surface area contributed by atoms with Gasteiger partial charge in [-0.3, -0.25) is 0 Å². The van der Waals surface area contributed by atoms with Gasteiger partial charge >= 0.3 is 0 Å². The van der Waals surface area contributed by atoms with E-state index in [1.165, 1.54) is 5.56 Å². The Morgan fingerprint density at radius 2 is 2.04 bits per heavy atom. The van der Waals surface area contributed by atoms with Gasteiger partial charge in [0, 0.05) is 6.42 Å². The van der Waals surface area contributed by atoms with Gasteiger partial charge in [0.05, 0.1) is 25.0 Å². The number of fused-ring (bicyclic) bond motifs is 1. The molecule has 0 bridgehead atoms. The van der Waals surface area contributed by atoms with Crippen LogP contribution in [0.25, 0.3) is 11.2 Å². The zero-order chi connectivity index (χ0) is 17.1. The van der Waals surface area contributed by atoms with Crippen LogP contribution in [0.3, 0.4) is 0 Å². The first kappa shape index (κ1) is 16.3. The third-order valence-corrected chi connectivity index (χ3v) is 4.26. The molecule has 2 N–H and O–H groups in total. The first-order valence-corrected chi connectivity index (χ1v) is 8.37. The molecule has 126 valence electrons. The van der Waals surface area contributed by atoms with Gasteiger partial charge in [-0.1, -0.05) is 25.5 Å². The fourth-order valence-electron chi connectivity index (χ4n) is 2.84. The Morgan fingerprint density at radius 1 is 1.21 bits per heavy atom. The largest absolute Gasteiger partial charge is 0.497 e. The summed E-state index contributed by atoms with van der Waals surface area (Å²) >= 11 is 0. The summed E-state index contributed by atoms with van der Waals surface area (Å²) < 4.78 is 7.54. The van der Waals surface area contributed by atoms with E-state index in [4.69, 9.17) is 15.5 Å². The quantitative estimate of drug-likeness (QED) is 0.750. The van der Waals surface area contributed by atoms with Gasteiger partial charge in [-0.25, -0.2) is 9.97 Å². The molecule has 0 saturated carbocycles. The molecular formula is C19H24N4O. The Balaban J connectivity index is 2.07. The average Bonchev–Trinajstić information content (AvgIpc) is 2.90. The smallest absolute Gasteiger partial charge is 0.160 e. The molecule has 0 amide bonds. The predicted octanol–water partition coefficient (Wildman–Crippen LogP) is 3.72. The molecule has 1 aromatic carbocycles. The molecule has 0 aliphatic heterocycles. The van der Waals surface area contributed by atoms with E-state index in [-0.39, 0.29) is 0 Å². The highest BCUT2D eigenvalue weighted by molar-refractivity contribution is 5.76. The van der Waals surface area contributed by atoms with Gasteiger partial charge in [0.15, 0.2) is 5.65 Å². The number of methoxy groups -OCH3 is 1. The number of rotatable bonds is 6. The second-order valence-corrected chi connectivity index (χ2v) is 6.07. The van der Waals surface area contributed by atoms with Crippen LogP contribution in [-0.4, -0.2) is 21.6 Å². The molecule has 0 aliphatic carbocycles. The minimum Gasteiger partial charge on any atom is -0.497 e. The van der Waals surface area contributed by atoms with Crippen molar-refractivity contribution < 1.29 is 4.74 Å². The molecule has 24 heavy (non-hydrogen) atoms. The van der Waals surface area contributed by atoms with Gasteiger partial charge in [-0.05, 0) is 37.1 Å². The van der Waals surface area contributed by atoms with Gasteiger partial charge in [-0.15, -0.1) is 0 Å². The van der Waals surface area contributed by atoms with Gasteiger partial charge in [-0.2, -0.15) is 0 Å². The van der Waals surface area contributed by atoms with Crippen LogP contribution in [-0.2, 0) is 13.0 Å². The number of imidazole rings is 1. The molecule has 0 aliphatic rings. The molecule has 0 spiro atoms. The fourth-order valence-corrected chi connectivity index (χ4v) is 2.84. The molecule has 0 saturated heterocycles. The maximum atomic E-state index is 6.01. The number of hydrogen-bond donors (Lipinski definition) is 1. The van der Waals surface area contributed by atoms with Crippen molar-refractivity contribution >= 4 is 16.9 Å². The van der Waals surface area contributed by atoms with E-state index in [9.17, 15) is 0 Å². The van der Waals surface area contributed by atoms with Crippen LogP contribution < -0.4 is 10.5 Å². The van der Waals surface area contributed by atoms with Crippen LogP contribution in [0.2, 0.25) is 0 Å². The third-order valence-electron chi connectivity index (χ3n) is 4.26. The van der Waals surface area contributed by atoms with Crippen molar-refractivity contribution in [1.82, 2.24) is 14.5 Å². The summed E-state index contributed by atoms with van der Waals surface area (Å²) in [6.45, 7) is 4.85. The van der Waals surface area contributed by atoms with Crippen molar-refractivity contribution in [1.29, 1.82) is 0 Å². The summed E-state index contributed by atoms with van der Waals surface area (Å²) in [5, 5.41) is 0. The van der Waals surface area contributed by atoms with Crippen LogP contribution in [0.5, 0.6) is 5.75 Å². The van der Waals surface area contributed by atoms with Crippen LogP contribution in [0.4, 0.5) is 5.69 Å². The third kappa shape index (κ3) is 3.20. The number of nitrogens with two attached hydrogens (primary N) is 1. The monoisotopic (exact) mass is 324 g/mol. The van der Waals surface area contributed by atoms with Gasteiger partial charge in [0.25, 0.3) is 0 Å². The summed E-state index contributed by atoms with van der Waals surface area (Å²) in [5.41, 5.74) is 10.5. The van der Waals surface area contributed by atoms with E-state index < -0.39 is 0 Å². The highest BCUT2D eigenvalue weighted by atomic mass is 16.5. The standard InChI is InChI=1S/C19H24N4O/c1-4-5-9-18-22-17-11-16(20)13(2)21-19(17)23(18)12-14-7-6-8-15(10-14)24-3/h6-8,10-11H,4-5,9,12,20H2,1-3H3. The summed E-state index contributed by atoms with van der Waals surface area (Å²) in [6.07, 6.45) is 3.18. The molecule has 0 fully saturated rings. The number of benzene rings is 1. The maximum Gasteiger partial charge on any atom is 0.160 e. The second kappa shape index (κ2) is 6.91. The number of nitrogens with zero attached hydrogens (tertiary/aromatic N) is 3. The lowest BCUT2D eigenvalue weighted by Gasteiger charge is -2.10. The summed E-state index contributed by atoms with van der Waals surface area (Å²) in [6, 6.07) is 10.0. The number of unbranched alkanes of at least 4 members (excludes halogenated alkanes) is 1. The summed E-state index contributed by atoms with van der Waals surface area (Å²) in [4.78, 5) is 9.47. The Bertz CT molecular complexity index is 854. The molecular weight excluding hydrogens is 300 g/mol. The van der Waals surface area contributed by atoms with Crippen molar-refractivity contribution in [2.45, 2.75) is 39.7 Å². The number of hydrogen-bond acceptors (Lipinski definition) is 4. The SMILES string of the molecule is CCCCc1nc2cc(N)c(C)nc2n1Cc1cccc(OC)c1. The maximum absolute atomic E-state index is 6.01. The molecule has 0 atom stereocenters. The number of aryl methyl sites for hydroxylation is 2. The number of nitrogen functional groups attached to an aromatic ring is 1. The van der Waals surface area contributed by atoms with Crippen LogP contribution in [0, 0.1) is 6.92 Å². The van der Waals surface area contributed by atoms with Crippen LogP contribution >= 0.6 is 0 Å². The Kier molecular flexibility index (Phi) is 4.69. The topological polar surface area (TPSA) is 66.0 Å². The van der Waals surface area contributed by atoms with Crippen molar-refractivity contribution in [2.75, 3.05) is 12.8 Å². The minimum atomic E-state index is 0.690. The van der Waals surface area contributed by atoms with Crippen molar-refractivity contribution in [3.8, 4) is 5.75 Å². The van der Waals surface area contributed by atoms with E-state index in [1.807, 2.05) is 25.1 Å². The molecule has 2 heterocycles. The minimum absolute atomic E-state index is 0.690. The normalized spacial score (nSPS) is 11.1. The Hall–Kier alpha value is -2.56. The molecule has 2 aromatic heterocycles. The van der Waals surface area contributed by atoms with E-state index >= 15 is 0 Å². The van der Waals surface area contributed by atoms with Crippen LogP contribution in [0.1, 0.15) is 36.8 Å². The van der Waals surface area contributed by atoms with E-state index in [1.54, 1.807) is 7.11 Å². The molecule has 3 rings (SSSR count). The summed E-state index contributed by atoms with van der Waals surface area (Å²) in [7, 11) is 1.69. The zero-order valence-electron chi connectivity index (χ0n) is 14.5. The first-order valence-electron chi connectivity index (χ1n) is 8.37. The highest BCUT2D eigenvalue weighted by Gasteiger charge is 2.14. The number of pyridine rings is 1. The average molecular weight is 324 g/mol. The van der Waals surface area contributed by atoms with Gasteiger partial charge in [0.1, 0.15) is 17.1 Å². The Labute approximate surface area is 142 Å². The molecule has 5 nitrogen and oxygen atoms in total. The fraction of sp³-hybridized carbons (Fsp3) is 0.368. The van der Waals surface area contributed by atoms with E-state index in [0.717, 1.165) is 54.2 Å². The molecule has 3 aromatic rings. The zero-order valence-corrected chi connectivity index (χ0v) is 14.5. The van der Waals surface area contributed by atoms with Gasteiger partial charge < -0.3 is 15.0 Å². The highest BCUT2D eigenvalue weighted by Crippen LogP contribution is 2.22. The van der Waals surface area contributed by atoms with Crippen molar-refractivity contribution in [3.05, 3.63) is 47.4 Å². The predicted molar refractivity (Wildman–Crippen MR) is 97.4 cm³/mol. The lowest BCUT2D eigenvalue weighted by atomic mass is 10.2. The number of ether oxygens (including phenoxy) is 1. The molecule has 0 unspecified atom stereocenters. The molecule has 0 radical (unpaired) electrons. The van der Waals surface area contributed by atoms with Crippen molar-refractivity contribution in [3.63, 3.8) is 0 Å². The Morgan fingerprint density at radius 3 is 2.79 bits per heavy atom. The second-order valence-electron chi connectivity index (χ2n) is 6.07. The first-order chi connectivity index (χ1) is 11.6. The lowest BCUT2D eigenvalue weighted by molar-refractivity contribution is 0.414. The number of aromatic nitrogens is 3. The summed E-state index contributed by atoms with van der Waals surface area (Å²) in [5.74, 6) is 1.92. The lowest BCUT2D eigenvalue weighted by Crippen LogP contribution is -2.07. The van der Waals surface area contributed by atoms with Crippen molar-refractivity contribution in [2.24, 2.45) is 0 Å².